The average molecular weight is 453 g/mol. The van der Waals surface area contributed by atoms with Crippen LogP contribution in [0, 0.1) is 13.8 Å². The highest BCUT2D eigenvalue weighted by molar-refractivity contribution is 7.92. The topological polar surface area (TPSA) is 75.7 Å². The number of amides is 1. The molecular formula is C25H28N2O4S. The number of hydrogen-bond donors (Lipinski definition) is 1. The Morgan fingerprint density at radius 2 is 1.62 bits per heavy atom. The number of ether oxygens (including phenoxy) is 1. The van der Waals surface area contributed by atoms with Crippen LogP contribution >= 0.6 is 0 Å². The van der Waals surface area contributed by atoms with E-state index in [4.69, 9.17) is 4.74 Å². The second-order valence-electron chi connectivity index (χ2n) is 7.66. The Morgan fingerprint density at radius 1 is 0.969 bits per heavy atom. The summed E-state index contributed by atoms with van der Waals surface area (Å²) in [6.45, 7) is 5.59. The lowest BCUT2D eigenvalue weighted by molar-refractivity contribution is -0.120. The molecule has 6 nitrogen and oxygen atoms in total. The first-order valence-corrected chi connectivity index (χ1v) is 11.7. The van der Waals surface area contributed by atoms with Gasteiger partial charge in [0.2, 0.25) is 5.91 Å². The number of rotatable bonds is 8. The van der Waals surface area contributed by atoms with E-state index in [-0.39, 0.29) is 17.5 Å². The van der Waals surface area contributed by atoms with Crippen molar-refractivity contribution in [1.82, 2.24) is 5.32 Å². The van der Waals surface area contributed by atoms with E-state index in [1.54, 1.807) is 42.5 Å². The van der Waals surface area contributed by atoms with Gasteiger partial charge in [0, 0.05) is 0 Å². The molecule has 3 aromatic carbocycles. The zero-order valence-corrected chi connectivity index (χ0v) is 19.5. The van der Waals surface area contributed by atoms with E-state index in [0.717, 1.165) is 15.4 Å². The average Bonchev–Trinajstić information content (AvgIpc) is 2.79. The maximum Gasteiger partial charge on any atom is 0.264 e. The minimum atomic E-state index is -3.97. The highest BCUT2D eigenvalue weighted by atomic mass is 32.2. The van der Waals surface area contributed by atoms with Crippen LogP contribution in [-0.4, -0.2) is 28.0 Å². The number of nitrogens with zero attached hydrogens (tertiary/aromatic N) is 1. The van der Waals surface area contributed by atoms with Crippen molar-refractivity contribution in [1.29, 1.82) is 0 Å². The first-order valence-electron chi connectivity index (χ1n) is 10.3. The van der Waals surface area contributed by atoms with Crippen LogP contribution in [0.25, 0.3) is 0 Å². The molecule has 7 heteroatoms. The van der Waals surface area contributed by atoms with Crippen LogP contribution in [0.3, 0.4) is 0 Å². The van der Waals surface area contributed by atoms with Gasteiger partial charge in [-0.3, -0.25) is 9.10 Å². The van der Waals surface area contributed by atoms with Gasteiger partial charge in [0.15, 0.2) is 0 Å². The first-order chi connectivity index (χ1) is 15.2. The fourth-order valence-corrected chi connectivity index (χ4v) is 4.74. The highest BCUT2D eigenvalue weighted by Gasteiger charge is 2.27. The maximum absolute atomic E-state index is 13.4. The third-order valence-electron chi connectivity index (χ3n) is 5.39. The number of anilines is 1. The number of carbonyl (C=O) groups is 1. The van der Waals surface area contributed by atoms with Crippen LogP contribution in [0.4, 0.5) is 5.69 Å². The van der Waals surface area contributed by atoms with Crippen molar-refractivity contribution < 1.29 is 17.9 Å². The molecule has 0 spiro atoms. The Balaban J connectivity index is 1.86. The van der Waals surface area contributed by atoms with Crippen LogP contribution < -0.4 is 14.4 Å². The highest BCUT2D eigenvalue weighted by Crippen LogP contribution is 2.25. The molecule has 0 saturated heterocycles. The van der Waals surface area contributed by atoms with Crippen LogP contribution in [0.1, 0.15) is 29.7 Å². The summed E-state index contributed by atoms with van der Waals surface area (Å²) in [6, 6.07) is 20.5. The Kier molecular flexibility index (Phi) is 7.20. The summed E-state index contributed by atoms with van der Waals surface area (Å²) in [5, 5.41) is 2.92. The molecule has 0 aliphatic heterocycles. The number of carbonyl (C=O) groups excluding carboxylic acids is 1. The Bertz CT molecular complexity index is 1180. The molecule has 32 heavy (non-hydrogen) atoms. The number of sulfonamides is 1. The van der Waals surface area contributed by atoms with Crippen molar-refractivity contribution in [2.45, 2.75) is 31.7 Å². The largest absolute Gasteiger partial charge is 0.497 e. The summed E-state index contributed by atoms with van der Waals surface area (Å²) in [7, 11) is -2.46. The van der Waals surface area contributed by atoms with E-state index in [1.807, 2.05) is 39.0 Å². The molecule has 1 amide bonds. The van der Waals surface area contributed by atoms with Crippen LogP contribution in [0.15, 0.2) is 77.7 Å². The normalized spacial score (nSPS) is 12.1. The number of hydrogen-bond acceptors (Lipinski definition) is 4. The molecule has 1 N–H and O–H groups in total. The fraction of sp³-hybridized carbons (Fsp3) is 0.240. The first kappa shape index (κ1) is 23.3. The van der Waals surface area contributed by atoms with Crippen molar-refractivity contribution in [3.63, 3.8) is 0 Å². The van der Waals surface area contributed by atoms with E-state index in [9.17, 15) is 13.2 Å². The SMILES string of the molecule is COc1ccc(S(=O)(=O)N(CC(=O)NC(C)c2ccc(C)c(C)c2)c2ccccc2)cc1. The lowest BCUT2D eigenvalue weighted by Gasteiger charge is -2.25. The molecule has 0 aliphatic rings. The lowest BCUT2D eigenvalue weighted by Crippen LogP contribution is -2.41. The van der Waals surface area contributed by atoms with Crippen molar-refractivity contribution in [2.75, 3.05) is 18.0 Å². The molecule has 3 aromatic rings. The summed E-state index contributed by atoms with van der Waals surface area (Å²) in [6.07, 6.45) is 0. The third kappa shape index (κ3) is 5.29. The monoisotopic (exact) mass is 452 g/mol. The second-order valence-corrected chi connectivity index (χ2v) is 9.52. The number of aryl methyl sites for hydroxylation is 2. The van der Waals surface area contributed by atoms with Crippen molar-refractivity contribution in [3.05, 3.63) is 89.5 Å². The smallest absolute Gasteiger partial charge is 0.264 e. The molecule has 0 heterocycles. The minimum Gasteiger partial charge on any atom is -0.497 e. The second kappa shape index (κ2) is 9.87. The number of para-hydroxylation sites is 1. The molecule has 0 bridgehead atoms. The summed E-state index contributed by atoms with van der Waals surface area (Å²) in [5.41, 5.74) is 3.69. The van der Waals surface area contributed by atoms with Crippen molar-refractivity contribution >= 4 is 21.6 Å². The standard InChI is InChI=1S/C25H28N2O4S/c1-18-10-11-21(16-19(18)2)20(3)26-25(28)17-27(22-8-6-5-7-9-22)32(29,30)24-14-12-23(31-4)13-15-24/h5-16,20H,17H2,1-4H3,(H,26,28). The molecule has 0 saturated carbocycles. The van der Waals surface area contributed by atoms with E-state index < -0.39 is 15.9 Å². The van der Waals surface area contributed by atoms with E-state index in [2.05, 4.69) is 5.32 Å². The van der Waals surface area contributed by atoms with Gasteiger partial charge in [-0.2, -0.15) is 0 Å². The molecule has 168 valence electrons. The van der Waals surface area contributed by atoms with Crippen molar-refractivity contribution in [2.24, 2.45) is 0 Å². The maximum atomic E-state index is 13.4. The van der Waals surface area contributed by atoms with Gasteiger partial charge in [-0.15, -0.1) is 0 Å². The van der Waals surface area contributed by atoms with Crippen LogP contribution in [-0.2, 0) is 14.8 Å². The third-order valence-corrected chi connectivity index (χ3v) is 7.18. The Hall–Kier alpha value is -3.32. The summed E-state index contributed by atoms with van der Waals surface area (Å²) in [5.74, 6) is 0.159. The summed E-state index contributed by atoms with van der Waals surface area (Å²) in [4.78, 5) is 13.0. The summed E-state index contributed by atoms with van der Waals surface area (Å²) >= 11 is 0. The molecule has 0 radical (unpaired) electrons. The van der Waals surface area contributed by atoms with Gasteiger partial charge in [0.05, 0.1) is 23.7 Å². The van der Waals surface area contributed by atoms with Gasteiger partial charge in [-0.05, 0) is 73.9 Å². The Morgan fingerprint density at radius 3 is 2.22 bits per heavy atom. The molecule has 1 unspecified atom stereocenters. The number of nitrogens with one attached hydrogen (secondary N) is 1. The van der Waals surface area contributed by atoms with E-state index >= 15 is 0 Å². The van der Waals surface area contributed by atoms with E-state index in [0.29, 0.717) is 11.4 Å². The molecule has 3 rings (SSSR count). The zero-order chi connectivity index (χ0) is 23.3. The van der Waals surface area contributed by atoms with Gasteiger partial charge in [0.1, 0.15) is 12.3 Å². The summed E-state index contributed by atoms with van der Waals surface area (Å²) < 4.78 is 33.1. The molecule has 1 atom stereocenters. The Labute approximate surface area is 189 Å². The number of methoxy groups -OCH3 is 1. The van der Waals surface area contributed by atoms with Gasteiger partial charge in [-0.25, -0.2) is 8.42 Å². The van der Waals surface area contributed by atoms with Gasteiger partial charge >= 0.3 is 0 Å². The fourth-order valence-electron chi connectivity index (χ4n) is 3.32. The lowest BCUT2D eigenvalue weighted by atomic mass is 10.0. The van der Waals surface area contributed by atoms with Crippen molar-refractivity contribution in [3.8, 4) is 5.75 Å². The van der Waals surface area contributed by atoms with Crippen LogP contribution in [0.2, 0.25) is 0 Å². The van der Waals surface area contributed by atoms with Crippen LogP contribution in [0.5, 0.6) is 5.75 Å². The van der Waals surface area contributed by atoms with E-state index in [1.165, 1.54) is 24.8 Å². The predicted octanol–water partition coefficient (Wildman–Crippen LogP) is 4.38. The van der Waals surface area contributed by atoms with Gasteiger partial charge < -0.3 is 10.1 Å². The molecular weight excluding hydrogens is 424 g/mol. The van der Waals surface area contributed by atoms with Gasteiger partial charge in [0.25, 0.3) is 10.0 Å². The predicted molar refractivity (Wildman–Crippen MR) is 126 cm³/mol. The molecule has 0 aromatic heterocycles. The molecule has 0 aliphatic carbocycles. The number of benzene rings is 3. The zero-order valence-electron chi connectivity index (χ0n) is 18.7. The van der Waals surface area contributed by atoms with Gasteiger partial charge in [-0.1, -0.05) is 36.4 Å². The minimum absolute atomic E-state index is 0.0807. The quantitative estimate of drug-likeness (QED) is 0.550. The molecule has 0 fully saturated rings.